The average molecular weight is 609 g/mol. The van der Waals surface area contributed by atoms with E-state index in [2.05, 4.69) is 25.9 Å². The third kappa shape index (κ3) is 9.81. The lowest BCUT2D eigenvalue weighted by molar-refractivity contribution is -0.145. The van der Waals surface area contributed by atoms with Crippen molar-refractivity contribution in [2.45, 2.75) is 62.9 Å². The lowest BCUT2D eigenvalue weighted by atomic mass is 10.0. The number of aromatic amines is 1. The van der Waals surface area contributed by atoms with Gasteiger partial charge in [-0.25, -0.2) is 4.79 Å². The first-order valence-electron chi connectivity index (χ1n) is 14.2. The van der Waals surface area contributed by atoms with E-state index in [9.17, 15) is 29.4 Å². The van der Waals surface area contributed by atoms with Crippen LogP contribution in [0.3, 0.4) is 0 Å². The van der Waals surface area contributed by atoms with Crippen LogP contribution in [0.5, 0.6) is 0 Å². The van der Waals surface area contributed by atoms with Gasteiger partial charge in [0.1, 0.15) is 12.1 Å². The Hall–Kier alpha value is -4.95. The molecule has 0 radical (unpaired) electrons. The van der Waals surface area contributed by atoms with E-state index in [4.69, 9.17) is 17.2 Å². The fourth-order valence-corrected chi connectivity index (χ4v) is 4.66. The zero-order chi connectivity index (χ0) is 32.2. The van der Waals surface area contributed by atoms with Crippen LogP contribution in [0.1, 0.15) is 30.9 Å². The van der Waals surface area contributed by atoms with Crippen molar-refractivity contribution >= 4 is 40.6 Å². The molecule has 0 aliphatic rings. The van der Waals surface area contributed by atoms with Gasteiger partial charge in [0.2, 0.25) is 17.7 Å². The summed E-state index contributed by atoms with van der Waals surface area (Å²) in [7, 11) is 0. The van der Waals surface area contributed by atoms with E-state index in [0.29, 0.717) is 0 Å². The van der Waals surface area contributed by atoms with Gasteiger partial charge in [-0.2, -0.15) is 0 Å². The van der Waals surface area contributed by atoms with Gasteiger partial charge in [0.15, 0.2) is 12.0 Å². The smallest absolute Gasteiger partial charge is 0.328 e. The minimum atomic E-state index is -1.61. The van der Waals surface area contributed by atoms with E-state index in [0.717, 1.165) is 22.0 Å². The zero-order valence-corrected chi connectivity index (χ0v) is 24.4. The second-order valence-corrected chi connectivity index (χ2v) is 10.5. The van der Waals surface area contributed by atoms with Crippen molar-refractivity contribution in [3.8, 4) is 0 Å². The van der Waals surface area contributed by atoms with Crippen LogP contribution in [0, 0.1) is 0 Å². The number of aliphatic carboxylic acids is 1. The molecule has 0 bridgehead atoms. The number of benzene rings is 2. The number of carboxylic acids is 1. The van der Waals surface area contributed by atoms with Crippen LogP contribution in [0.25, 0.3) is 10.9 Å². The Kier molecular flexibility index (Phi) is 12.2. The number of carboxylic acid groups (broad SMARTS) is 1. The van der Waals surface area contributed by atoms with Crippen LogP contribution in [0.4, 0.5) is 0 Å². The highest BCUT2D eigenvalue weighted by atomic mass is 16.4. The van der Waals surface area contributed by atoms with Crippen molar-refractivity contribution in [3.05, 3.63) is 71.9 Å². The van der Waals surface area contributed by atoms with Gasteiger partial charge in [-0.05, 0) is 43.4 Å². The van der Waals surface area contributed by atoms with Crippen molar-refractivity contribution in [2.75, 3.05) is 6.54 Å². The van der Waals surface area contributed by atoms with Crippen LogP contribution >= 0.6 is 0 Å². The molecule has 0 saturated carbocycles. The molecule has 0 aliphatic carbocycles. The summed E-state index contributed by atoms with van der Waals surface area (Å²) in [5, 5.41) is 27.8. The summed E-state index contributed by atoms with van der Waals surface area (Å²) in [6, 6.07) is 11.6. The highest BCUT2D eigenvalue weighted by Crippen LogP contribution is 2.19. The molecule has 0 fully saturated rings. The van der Waals surface area contributed by atoms with Crippen LogP contribution in [0.2, 0.25) is 0 Å². The summed E-state index contributed by atoms with van der Waals surface area (Å²) in [6.07, 6.45) is 0.973. The summed E-state index contributed by atoms with van der Waals surface area (Å²) in [5.74, 6) is -3.69. The fourth-order valence-electron chi connectivity index (χ4n) is 4.66. The molecule has 5 atom stereocenters. The number of nitrogens with one attached hydrogen (secondary N) is 4. The molecular weight excluding hydrogens is 568 g/mol. The van der Waals surface area contributed by atoms with Gasteiger partial charge in [0, 0.05) is 30.1 Å². The maximum atomic E-state index is 13.6. The summed E-state index contributed by atoms with van der Waals surface area (Å²) in [5.41, 5.74) is 19.5. The van der Waals surface area contributed by atoms with Gasteiger partial charge in [-0.3, -0.25) is 19.4 Å². The normalized spacial score (nSPS) is 14.4. The predicted molar refractivity (Wildman–Crippen MR) is 165 cm³/mol. The first-order valence-corrected chi connectivity index (χ1v) is 14.2. The number of aliphatic imine (C=N–C) groups is 1. The number of nitrogens with zero attached hydrogens (tertiary/aromatic N) is 1. The van der Waals surface area contributed by atoms with Crippen LogP contribution in [0.15, 0.2) is 65.8 Å². The van der Waals surface area contributed by atoms with Crippen molar-refractivity contribution in [1.29, 1.82) is 0 Å². The number of carbonyl (C=O) groups is 4. The number of rotatable bonds is 16. The van der Waals surface area contributed by atoms with E-state index in [1.165, 1.54) is 6.92 Å². The highest BCUT2D eigenvalue weighted by molar-refractivity contribution is 5.94. The van der Waals surface area contributed by atoms with Gasteiger partial charge in [-0.1, -0.05) is 48.5 Å². The second-order valence-electron chi connectivity index (χ2n) is 10.5. The second kappa shape index (κ2) is 16.0. The molecule has 3 aromatic rings. The van der Waals surface area contributed by atoms with Gasteiger partial charge in [0.05, 0.1) is 12.1 Å². The molecule has 0 saturated heterocycles. The lowest BCUT2D eigenvalue weighted by Crippen LogP contribution is -2.58. The van der Waals surface area contributed by atoms with Crippen LogP contribution < -0.4 is 33.2 Å². The van der Waals surface area contributed by atoms with Gasteiger partial charge in [0.25, 0.3) is 0 Å². The lowest BCUT2D eigenvalue weighted by Gasteiger charge is -2.26. The molecule has 236 valence electrons. The van der Waals surface area contributed by atoms with Gasteiger partial charge >= 0.3 is 5.97 Å². The van der Waals surface area contributed by atoms with E-state index < -0.39 is 54.0 Å². The monoisotopic (exact) mass is 608 g/mol. The number of aliphatic hydroxyl groups excluding tert-OH is 1. The molecule has 1 aromatic heterocycles. The molecule has 14 nitrogen and oxygen atoms in total. The Morgan fingerprint density at radius 3 is 2.18 bits per heavy atom. The number of carbonyl (C=O) groups excluding carboxylic acids is 3. The number of hydrogen-bond donors (Lipinski definition) is 9. The third-order valence-corrected chi connectivity index (χ3v) is 6.99. The van der Waals surface area contributed by atoms with Crippen LogP contribution in [-0.4, -0.2) is 81.7 Å². The summed E-state index contributed by atoms with van der Waals surface area (Å²) >= 11 is 0. The molecule has 5 unspecified atom stereocenters. The molecule has 0 aliphatic heterocycles. The number of nitrogens with two attached hydrogens (primary N) is 3. The Bertz CT molecular complexity index is 1450. The van der Waals surface area contributed by atoms with Crippen molar-refractivity contribution < 1.29 is 29.4 Å². The molecule has 2 aromatic carbocycles. The number of amides is 3. The van der Waals surface area contributed by atoms with Crippen LogP contribution in [-0.2, 0) is 32.0 Å². The van der Waals surface area contributed by atoms with Gasteiger partial charge < -0.3 is 48.3 Å². The number of aromatic nitrogens is 1. The molecule has 3 rings (SSSR count). The van der Waals surface area contributed by atoms with Gasteiger partial charge in [-0.15, -0.1) is 0 Å². The number of H-pyrrole nitrogens is 1. The topological polar surface area (TPSA) is 251 Å². The molecule has 3 amide bonds. The van der Waals surface area contributed by atoms with E-state index in [1.54, 1.807) is 30.5 Å². The quantitative estimate of drug-likeness (QED) is 0.0563. The number of hydrogen-bond acceptors (Lipinski definition) is 7. The van der Waals surface area contributed by atoms with Crippen molar-refractivity contribution in [2.24, 2.45) is 22.2 Å². The average Bonchev–Trinajstić information content (AvgIpc) is 3.39. The molecule has 12 N–H and O–H groups in total. The minimum Gasteiger partial charge on any atom is -0.480 e. The summed E-state index contributed by atoms with van der Waals surface area (Å²) in [6.45, 7) is 1.37. The van der Waals surface area contributed by atoms with E-state index >= 15 is 0 Å². The van der Waals surface area contributed by atoms with E-state index in [-0.39, 0.29) is 38.2 Å². The zero-order valence-electron chi connectivity index (χ0n) is 24.4. The number of aliphatic hydroxyl groups is 1. The minimum absolute atomic E-state index is 0.0343. The van der Waals surface area contributed by atoms with Crippen molar-refractivity contribution in [3.63, 3.8) is 0 Å². The molecular formula is C30H40N8O6. The Morgan fingerprint density at radius 1 is 0.886 bits per heavy atom. The van der Waals surface area contributed by atoms with Crippen molar-refractivity contribution in [1.82, 2.24) is 20.9 Å². The molecule has 0 spiro atoms. The summed E-state index contributed by atoms with van der Waals surface area (Å²) in [4.78, 5) is 58.6. The Balaban J connectivity index is 1.79. The largest absolute Gasteiger partial charge is 0.480 e. The predicted octanol–water partition coefficient (Wildman–Crippen LogP) is -0.746. The standard InChI is InChI=1S/C30H40N8O6/c1-17(39)25(29(43)44)38-27(41)23(12-7-13-34-30(32)33)36-28(42)24(14-18-8-3-2-4-9-18)37-26(40)21(31)15-19-16-35-22-11-6-5-10-20(19)22/h2-6,8-11,16-17,21,23-25,35,39H,7,12-15,31H2,1H3,(H,36,42)(H,37,40)(H,38,41)(H,43,44)(H4,32,33,34). The molecule has 14 heteroatoms. The number of guanidine groups is 1. The number of para-hydroxylation sites is 1. The maximum absolute atomic E-state index is 13.6. The SMILES string of the molecule is CC(O)C(NC(=O)C(CCCN=C(N)N)NC(=O)C(Cc1ccccc1)NC(=O)C(N)Cc1c[nH]c2ccccc12)C(=O)O. The highest BCUT2D eigenvalue weighted by Gasteiger charge is 2.32. The Labute approximate surface area is 254 Å². The first kappa shape index (κ1) is 33.6. The first-order chi connectivity index (χ1) is 21.0. The molecule has 44 heavy (non-hydrogen) atoms. The Morgan fingerprint density at radius 2 is 1.52 bits per heavy atom. The van der Waals surface area contributed by atoms with E-state index in [1.807, 2.05) is 30.3 Å². The fraction of sp³-hybridized carbons (Fsp3) is 0.367. The summed E-state index contributed by atoms with van der Waals surface area (Å²) < 4.78 is 0. The third-order valence-electron chi connectivity index (χ3n) is 6.99. The maximum Gasteiger partial charge on any atom is 0.328 e. The molecule has 1 heterocycles. The number of fused-ring (bicyclic) bond motifs is 1.